The van der Waals surface area contributed by atoms with E-state index in [0.717, 1.165) is 27.2 Å². The molecule has 0 saturated carbocycles. The largest absolute Gasteiger partial charge is 0.232 e. The Morgan fingerprint density at radius 1 is 0.952 bits per heavy atom. The van der Waals surface area contributed by atoms with Gasteiger partial charge in [0.2, 0.25) is 0 Å². The van der Waals surface area contributed by atoms with Crippen molar-refractivity contribution in [3.05, 3.63) is 57.6 Å². The minimum Gasteiger partial charge on any atom is -0.232 e. The molecule has 3 aromatic rings. The fraction of sp³-hybridized carbons (Fsp3) is 0.263. The summed E-state index contributed by atoms with van der Waals surface area (Å²) in [4.78, 5) is 0. The zero-order valence-corrected chi connectivity index (χ0v) is 13.4. The van der Waals surface area contributed by atoms with E-state index in [1.807, 2.05) is 12.1 Å². The lowest BCUT2D eigenvalue weighted by Gasteiger charge is -2.20. The van der Waals surface area contributed by atoms with Gasteiger partial charge < -0.3 is 0 Å². The highest BCUT2D eigenvalue weighted by molar-refractivity contribution is 9.10. The first-order valence-corrected chi connectivity index (χ1v) is 8.31. The molecule has 0 fully saturated rings. The average Bonchev–Trinajstić information content (AvgIpc) is 2.54. The zero-order valence-electron chi connectivity index (χ0n) is 11.8. The summed E-state index contributed by atoms with van der Waals surface area (Å²) in [5.74, 6) is 0. The zero-order chi connectivity index (χ0) is 14.4. The van der Waals surface area contributed by atoms with E-state index < -0.39 is 0 Å². The van der Waals surface area contributed by atoms with Crippen LogP contribution in [0.4, 0.5) is 0 Å². The van der Waals surface area contributed by atoms with E-state index in [9.17, 15) is 5.11 Å². The number of benzene rings is 3. The summed E-state index contributed by atoms with van der Waals surface area (Å²) >= 11 is 3.71. The smallest absolute Gasteiger partial charge is 0.108 e. The van der Waals surface area contributed by atoms with Gasteiger partial charge in [-0.05, 0) is 70.0 Å². The molecule has 1 nitrogen and oxygen atoms in total. The highest BCUT2D eigenvalue weighted by Gasteiger charge is 2.16. The first-order valence-electron chi connectivity index (χ1n) is 7.52. The van der Waals surface area contributed by atoms with Gasteiger partial charge >= 0.3 is 0 Å². The van der Waals surface area contributed by atoms with Crippen LogP contribution in [0.1, 0.15) is 29.5 Å². The molecule has 0 spiro atoms. The Bertz CT molecular complexity index is 851. The number of fused-ring (bicyclic) bond motifs is 5. The molecule has 0 aliphatic heterocycles. The molecule has 0 N–H and O–H groups in total. The lowest BCUT2D eigenvalue weighted by atomic mass is 9.86. The number of halogens is 1. The van der Waals surface area contributed by atoms with E-state index in [0.29, 0.717) is 0 Å². The summed E-state index contributed by atoms with van der Waals surface area (Å²) in [5, 5.41) is 16.4. The molecule has 0 aromatic heterocycles. The van der Waals surface area contributed by atoms with Crippen molar-refractivity contribution in [3.8, 4) is 0 Å². The van der Waals surface area contributed by atoms with Gasteiger partial charge in [0, 0.05) is 4.47 Å². The molecule has 21 heavy (non-hydrogen) atoms. The number of hydrogen-bond acceptors (Lipinski definition) is 0. The van der Waals surface area contributed by atoms with Crippen molar-refractivity contribution in [2.45, 2.75) is 32.3 Å². The maximum atomic E-state index is 11.6. The Hall–Kier alpha value is -1.38. The molecule has 2 heteroatoms. The van der Waals surface area contributed by atoms with Crippen molar-refractivity contribution in [1.82, 2.24) is 0 Å². The van der Waals surface area contributed by atoms with Gasteiger partial charge in [0.1, 0.15) is 6.61 Å². The van der Waals surface area contributed by atoms with E-state index in [-0.39, 0.29) is 6.61 Å². The maximum Gasteiger partial charge on any atom is 0.108 e. The van der Waals surface area contributed by atoms with Crippen LogP contribution in [-0.2, 0) is 24.6 Å². The Morgan fingerprint density at radius 2 is 1.81 bits per heavy atom. The second-order valence-corrected chi connectivity index (χ2v) is 6.70. The molecule has 0 unspecified atom stereocenters. The van der Waals surface area contributed by atoms with Crippen molar-refractivity contribution in [3.63, 3.8) is 0 Å². The third kappa shape index (κ3) is 2.01. The predicted octanol–water partition coefficient (Wildman–Crippen LogP) is 5.56. The van der Waals surface area contributed by atoms with Crippen LogP contribution in [0.3, 0.4) is 0 Å². The molecule has 0 bridgehead atoms. The van der Waals surface area contributed by atoms with E-state index in [4.69, 9.17) is 0 Å². The summed E-state index contributed by atoms with van der Waals surface area (Å²) in [5.41, 5.74) is 3.87. The molecule has 3 aromatic carbocycles. The molecule has 0 saturated heterocycles. The molecule has 4 rings (SSSR count). The summed E-state index contributed by atoms with van der Waals surface area (Å²) < 4.78 is 1.10. The monoisotopic (exact) mass is 339 g/mol. The minimum absolute atomic E-state index is 0.167. The molecular formula is C19H16BrO. The van der Waals surface area contributed by atoms with Crippen LogP contribution in [0, 0.1) is 0 Å². The van der Waals surface area contributed by atoms with Crippen molar-refractivity contribution in [2.24, 2.45) is 0 Å². The summed E-state index contributed by atoms with van der Waals surface area (Å²) in [6.45, 7) is -0.167. The van der Waals surface area contributed by atoms with E-state index >= 15 is 0 Å². The first kappa shape index (κ1) is 13.3. The minimum atomic E-state index is -0.167. The van der Waals surface area contributed by atoms with E-state index in [2.05, 4.69) is 40.2 Å². The van der Waals surface area contributed by atoms with Crippen LogP contribution in [0.15, 0.2) is 40.9 Å². The van der Waals surface area contributed by atoms with Crippen LogP contribution in [-0.4, -0.2) is 0 Å². The molecule has 1 aliphatic rings. The highest BCUT2D eigenvalue weighted by Crippen LogP contribution is 2.38. The van der Waals surface area contributed by atoms with Gasteiger partial charge in [0.25, 0.3) is 0 Å². The van der Waals surface area contributed by atoms with Gasteiger partial charge in [-0.3, -0.25) is 0 Å². The third-order valence-corrected chi connectivity index (χ3v) is 5.34. The normalized spacial score (nSPS) is 14.6. The lowest BCUT2D eigenvalue weighted by Crippen LogP contribution is -2.03. The highest BCUT2D eigenvalue weighted by atomic mass is 79.9. The molecule has 1 aliphatic carbocycles. The van der Waals surface area contributed by atoms with Gasteiger partial charge in [-0.25, -0.2) is 5.11 Å². The Balaban J connectivity index is 2.20. The number of aryl methyl sites for hydroxylation is 2. The van der Waals surface area contributed by atoms with E-state index in [1.165, 1.54) is 41.2 Å². The van der Waals surface area contributed by atoms with Crippen LogP contribution >= 0.6 is 15.9 Å². The van der Waals surface area contributed by atoms with Crippen LogP contribution in [0.25, 0.3) is 21.5 Å². The van der Waals surface area contributed by atoms with Gasteiger partial charge in [0.05, 0.1) is 0 Å². The van der Waals surface area contributed by atoms with E-state index in [1.54, 1.807) is 0 Å². The van der Waals surface area contributed by atoms with Crippen LogP contribution in [0.2, 0.25) is 0 Å². The average molecular weight is 340 g/mol. The van der Waals surface area contributed by atoms with Gasteiger partial charge in [-0.15, -0.1) is 0 Å². The van der Waals surface area contributed by atoms with Gasteiger partial charge in [-0.1, -0.05) is 46.3 Å². The van der Waals surface area contributed by atoms with Crippen molar-refractivity contribution >= 4 is 37.5 Å². The third-order valence-electron chi connectivity index (χ3n) is 4.68. The fourth-order valence-corrected chi connectivity index (χ4v) is 4.24. The maximum absolute atomic E-state index is 11.6. The molecule has 1 radical (unpaired) electrons. The first-order chi connectivity index (χ1) is 10.3. The Kier molecular flexibility index (Phi) is 3.24. The summed E-state index contributed by atoms with van der Waals surface area (Å²) in [7, 11) is 0. The SMILES string of the molecule is [O]Cc1cccc2c(Br)cc3c4c(ccc3c12)CCCC4. The molecule has 0 heterocycles. The predicted molar refractivity (Wildman–Crippen MR) is 90.2 cm³/mol. The topological polar surface area (TPSA) is 19.9 Å². The summed E-state index contributed by atoms with van der Waals surface area (Å²) in [6, 6.07) is 12.8. The van der Waals surface area contributed by atoms with Crippen LogP contribution < -0.4 is 0 Å². The number of rotatable bonds is 1. The molecular weight excluding hydrogens is 324 g/mol. The number of hydrogen-bond donors (Lipinski definition) is 0. The lowest BCUT2D eigenvalue weighted by molar-refractivity contribution is 0.179. The quantitative estimate of drug-likeness (QED) is 0.517. The van der Waals surface area contributed by atoms with Gasteiger partial charge in [0.15, 0.2) is 0 Å². The Morgan fingerprint density at radius 3 is 2.67 bits per heavy atom. The Labute approximate surface area is 132 Å². The van der Waals surface area contributed by atoms with Crippen molar-refractivity contribution in [2.75, 3.05) is 0 Å². The second-order valence-electron chi connectivity index (χ2n) is 5.85. The van der Waals surface area contributed by atoms with Crippen LogP contribution in [0.5, 0.6) is 0 Å². The summed E-state index contributed by atoms with van der Waals surface area (Å²) in [6.07, 6.45) is 4.90. The fourth-order valence-electron chi connectivity index (χ4n) is 3.68. The van der Waals surface area contributed by atoms with Crippen molar-refractivity contribution < 1.29 is 5.11 Å². The standard InChI is InChI=1S/C19H16BrO/c20-18-10-17-14-6-2-1-4-12(14)8-9-15(17)19-13(11-21)5-3-7-16(18)19/h3,5,7-10H,1-2,4,6,11H2. The molecule has 0 atom stereocenters. The second kappa shape index (κ2) is 5.11. The molecule has 105 valence electrons. The van der Waals surface area contributed by atoms with Crippen molar-refractivity contribution in [1.29, 1.82) is 0 Å². The van der Waals surface area contributed by atoms with Gasteiger partial charge in [-0.2, -0.15) is 0 Å². The molecule has 0 amide bonds.